The van der Waals surface area contributed by atoms with Crippen molar-refractivity contribution in [1.82, 2.24) is 9.97 Å². The molecule has 0 saturated heterocycles. The molecule has 0 spiro atoms. The van der Waals surface area contributed by atoms with E-state index in [0.717, 1.165) is 10.2 Å². The normalized spacial score (nSPS) is 11.0. The molecule has 2 rings (SSSR count). The highest BCUT2D eigenvalue weighted by Gasteiger charge is 2.07. The molecule has 7 heteroatoms. The summed E-state index contributed by atoms with van der Waals surface area (Å²) in [5, 5.41) is 2.89. The lowest BCUT2D eigenvalue weighted by Crippen LogP contribution is -2.12. The minimum absolute atomic E-state index is 0.357. The molecule has 0 fully saturated rings. The van der Waals surface area contributed by atoms with Crippen LogP contribution >= 0.6 is 11.3 Å². The van der Waals surface area contributed by atoms with Crippen molar-refractivity contribution in [2.45, 2.75) is 13.5 Å². The number of ether oxygens (including phenoxy) is 2. The summed E-state index contributed by atoms with van der Waals surface area (Å²) in [5.41, 5.74) is 2.58. The summed E-state index contributed by atoms with van der Waals surface area (Å²) < 4.78 is 10.6. The number of fused-ring (bicyclic) bond motifs is 1. The molecule has 2 aromatic rings. The first-order valence-corrected chi connectivity index (χ1v) is 6.59. The van der Waals surface area contributed by atoms with Gasteiger partial charge in [0.1, 0.15) is 11.4 Å². The molecule has 98 valence electrons. The van der Waals surface area contributed by atoms with Gasteiger partial charge in [0, 0.05) is 6.61 Å². The maximum Gasteiger partial charge on any atom is 0.158 e. The fourth-order valence-corrected chi connectivity index (χ4v) is 2.28. The first-order chi connectivity index (χ1) is 8.85. The van der Waals surface area contributed by atoms with Crippen molar-refractivity contribution in [3.05, 3.63) is 17.3 Å². The summed E-state index contributed by atoms with van der Waals surface area (Å²) in [7, 11) is 0. The lowest BCUT2D eigenvalue weighted by Gasteiger charge is -2.06. The number of aromatic nitrogens is 2. The van der Waals surface area contributed by atoms with E-state index >= 15 is 0 Å². The predicted octanol–water partition coefficient (Wildman–Crippen LogP) is 1.53. The Morgan fingerprint density at radius 3 is 2.94 bits per heavy atom. The Bertz CT molecular complexity index is 503. The van der Waals surface area contributed by atoms with Gasteiger partial charge in [-0.25, -0.2) is 15.8 Å². The first-order valence-electron chi connectivity index (χ1n) is 5.71. The van der Waals surface area contributed by atoms with Crippen molar-refractivity contribution < 1.29 is 9.47 Å². The fourth-order valence-electron chi connectivity index (χ4n) is 1.50. The van der Waals surface area contributed by atoms with E-state index in [1.807, 2.05) is 18.4 Å². The van der Waals surface area contributed by atoms with Crippen molar-refractivity contribution in [3.63, 3.8) is 0 Å². The highest BCUT2D eigenvalue weighted by Crippen LogP contribution is 2.24. The van der Waals surface area contributed by atoms with E-state index in [1.165, 1.54) is 0 Å². The van der Waals surface area contributed by atoms with Gasteiger partial charge in [0.25, 0.3) is 0 Å². The maximum absolute atomic E-state index is 5.44. The van der Waals surface area contributed by atoms with E-state index in [1.54, 1.807) is 11.3 Å². The number of hydrazine groups is 1. The Kier molecular flexibility index (Phi) is 4.82. The van der Waals surface area contributed by atoms with E-state index in [4.69, 9.17) is 15.3 Å². The van der Waals surface area contributed by atoms with Gasteiger partial charge in [-0.3, -0.25) is 0 Å². The molecule has 0 atom stereocenters. The zero-order valence-electron chi connectivity index (χ0n) is 10.2. The Balaban J connectivity index is 2.00. The molecule has 6 nitrogen and oxygen atoms in total. The van der Waals surface area contributed by atoms with Gasteiger partial charge < -0.3 is 14.9 Å². The quantitative estimate of drug-likeness (QED) is 0.450. The summed E-state index contributed by atoms with van der Waals surface area (Å²) in [6, 6.07) is 1.94. The van der Waals surface area contributed by atoms with Crippen LogP contribution in [0.2, 0.25) is 0 Å². The standard InChI is InChI=1S/C11H16N4O2S/c1-2-16-4-5-17-7-9-13-10(15-12)8-3-6-18-11(8)14-9/h3,6H,2,4-5,7,12H2,1H3,(H,13,14,15). The van der Waals surface area contributed by atoms with Gasteiger partial charge in [-0.05, 0) is 18.4 Å². The van der Waals surface area contributed by atoms with Crippen LogP contribution in [0.1, 0.15) is 12.7 Å². The summed E-state index contributed by atoms with van der Waals surface area (Å²) in [6.07, 6.45) is 0. The van der Waals surface area contributed by atoms with Crippen LogP contribution in [0.5, 0.6) is 0 Å². The summed E-state index contributed by atoms with van der Waals surface area (Å²) in [5.74, 6) is 6.69. The topological polar surface area (TPSA) is 82.3 Å². The molecule has 0 aliphatic carbocycles. The third-order valence-corrected chi connectivity index (χ3v) is 3.12. The number of nitrogens with one attached hydrogen (secondary N) is 1. The van der Waals surface area contributed by atoms with E-state index in [-0.39, 0.29) is 0 Å². The number of anilines is 1. The number of thiophene rings is 1. The molecule has 0 aliphatic rings. The summed E-state index contributed by atoms with van der Waals surface area (Å²) >= 11 is 1.55. The molecule has 0 aromatic carbocycles. The van der Waals surface area contributed by atoms with Crippen molar-refractivity contribution in [2.24, 2.45) is 5.84 Å². The lowest BCUT2D eigenvalue weighted by molar-refractivity contribution is 0.0430. The van der Waals surface area contributed by atoms with Crippen LogP contribution in [-0.2, 0) is 16.1 Å². The van der Waals surface area contributed by atoms with Gasteiger partial charge in [-0.2, -0.15) is 0 Å². The largest absolute Gasteiger partial charge is 0.379 e. The Labute approximate surface area is 109 Å². The van der Waals surface area contributed by atoms with E-state index < -0.39 is 0 Å². The van der Waals surface area contributed by atoms with Gasteiger partial charge in [0.2, 0.25) is 0 Å². The molecule has 0 saturated carbocycles. The van der Waals surface area contributed by atoms with E-state index in [9.17, 15) is 0 Å². The van der Waals surface area contributed by atoms with Crippen LogP contribution in [0.4, 0.5) is 5.82 Å². The Morgan fingerprint density at radius 1 is 1.33 bits per heavy atom. The summed E-state index contributed by atoms with van der Waals surface area (Å²) in [4.78, 5) is 9.61. The Hall–Kier alpha value is -1.28. The van der Waals surface area contributed by atoms with Crippen LogP contribution in [0, 0.1) is 0 Å². The number of hydrogen-bond acceptors (Lipinski definition) is 7. The molecule has 2 heterocycles. The van der Waals surface area contributed by atoms with Gasteiger partial charge >= 0.3 is 0 Å². The fraction of sp³-hybridized carbons (Fsp3) is 0.455. The van der Waals surface area contributed by atoms with Crippen LogP contribution in [0.25, 0.3) is 10.2 Å². The molecule has 0 aliphatic heterocycles. The molecule has 3 N–H and O–H groups in total. The first kappa shape index (κ1) is 13.2. The molecular formula is C11H16N4O2S. The zero-order chi connectivity index (χ0) is 12.8. The molecular weight excluding hydrogens is 252 g/mol. The number of hydrogen-bond donors (Lipinski definition) is 2. The second kappa shape index (κ2) is 6.60. The van der Waals surface area contributed by atoms with Crippen molar-refractivity contribution >= 4 is 27.4 Å². The van der Waals surface area contributed by atoms with Crippen LogP contribution < -0.4 is 11.3 Å². The van der Waals surface area contributed by atoms with Crippen molar-refractivity contribution in [2.75, 3.05) is 25.2 Å². The number of nitrogens with two attached hydrogens (primary N) is 1. The average Bonchev–Trinajstić information content (AvgIpc) is 2.85. The molecule has 2 aromatic heterocycles. The smallest absolute Gasteiger partial charge is 0.158 e. The minimum Gasteiger partial charge on any atom is -0.379 e. The highest BCUT2D eigenvalue weighted by molar-refractivity contribution is 7.16. The van der Waals surface area contributed by atoms with Crippen LogP contribution in [0.3, 0.4) is 0 Å². The third kappa shape index (κ3) is 3.14. The minimum atomic E-state index is 0.357. The van der Waals surface area contributed by atoms with E-state index in [0.29, 0.717) is 38.1 Å². The maximum atomic E-state index is 5.44. The van der Waals surface area contributed by atoms with Crippen molar-refractivity contribution in [3.8, 4) is 0 Å². The highest BCUT2D eigenvalue weighted by atomic mass is 32.1. The number of rotatable bonds is 7. The second-order valence-corrected chi connectivity index (χ2v) is 4.42. The lowest BCUT2D eigenvalue weighted by atomic mass is 10.4. The number of nitrogen functional groups attached to an aromatic ring is 1. The van der Waals surface area contributed by atoms with Gasteiger partial charge in [0.05, 0.1) is 18.6 Å². The van der Waals surface area contributed by atoms with Crippen molar-refractivity contribution in [1.29, 1.82) is 0 Å². The second-order valence-electron chi connectivity index (χ2n) is 3.52. The Morgan fingerprint density at radius 2 is 2.17 bits per heavy atom. The molecule has 0 radical (unpaired) electrons. The average molecular weight is 268 g/mol. The number of nitrogens with zero attached hydrogens (tertiary/aromatic N) is 2. The molecule has 18 heavy (non-hydrogen) atoms. The SMILES string of the molecule is CCOCCOCc1nc(NN)c2ccsc2n1. The molecule has 0 unspecified atom stereocenters. The third-order valence-electron chi connectivity index (χ3n) is 2.32. The van der Waals surface area contributed by atoms with Gasteiger partial charge in [-0.1, -0.05) is 0 Å². The summed E-state index contributed by atoms with van der Waals surface area (Å²) in [6.45, 7) is 4.12. The van der Waals surface area contributed by atoms with Crippen LogP contribution in [-0.4, -0.2) is 29.8 Å². The zero-order valence-corrected chi connectivity index (χ0v) is 11.0. The molecule has 0 amide bonds. The van der Waals surface area contributed by atoms with Crippen LogP contribution in [0.15, 0.2) is 11.4 Å². The van der Waals surface area contributed by atoms with E-state index in [2.05, 4.69) is 15.4 Å². The van der Waals surface area contributed by atoms with Gasteiger partial charge in [-0.15, -0.1) is 11.3 Å². The predicted molar refractivity (Wildman–Crippen MR) is 71.4 cm³/mol. The molecule has 0 bridgehead atoms. The monoisotopic (exact) mass is 268 g/mol. The van der Waals surface area contributed by atoms with Gasteiger partial charge in [0.15, 0.2) is 11.6 Å².